The maximum absolute atomic E-state index is 13.0. The number of amides is 1. The van der Waals surface area contributed by atoms with Gasteiger partial charge in [-0.15, -0.1) is 0 Å². The van der Waals surface area contributed by atoms with Crippen molar-refractivity contribution in [3.8, 4) is 5.75 Å². The summed E-state index contributed by atoms with van der Waals surface area (Å²) in [4.78, 5) is 12.6. The average Bonchev–Trinajstić information content (AvgIpc) is 2.76. The van der Waals surface area contributed by atoms with E-state index < -0.39 is 10.0 Å². The van der Waals surface area contributed by atoms with Crippen molar-refractivity contribution in [1.29, 1.82) is 0 Å². The van der Waals surface area contributed by atoms with Gasteiger partial charge < -0.3 is 14.8 Å². The summed E-state index contributed by atoms with van der Waals surface area (Å²) in [7, 11) is -3.70. The molecule has 0 aliphatic carbocycles. The summed E-state index contributed by atoms with van der Waals surface area (Å²) >= 11 is 5.84. The Labute approximate surface area is 194 Å². The second-order valence-corrected chi connectivity index (χ2v) is 10.2. The molecule has 9 heteroatoms. The zero-order valence-electron chi connectivity index (χ0n) is 18.3. The van der Waals surface area contributed by atoms with Gasteiger partial charge in [0.15, 0.2) is 0 Å². The fourth-order valence-electron chi connectivity index (χ4n) is 3.53. The van der Waals surface area contributed by atoms with E-state index in [2.05, 4.69) is 5.32 Å². The van der Waals surface area contributed by atoms with Crippen LogP contribution in [0.2, 0.25) is 5.02 Å². The Morgan fingerprint density at radius 2 is 1.81 bits per heavy atom. The normalized spacial score (nSPS) is 19.5. The van der Waals surface area contributed by atoms with E-state index in [-0.39, 0.29) is 23.0 Å². The summed E-state index contributed by atoms with van der Waals surface area (Å²) in [5.74, 6) is 0.449. The highest BCUT2D eigenvalue weighted by Crippen LogP contribution is 2.22. The van der Waals surface area contributed by atoms with Crippen molar-refractivity contribution in [3.63, 3.8) is 0 Å². The molecule has 1 amide bonds. The largest absolute Gasteiger partial charge is 0.494 e. The molecule has 2 aromatic rings. The molecule has 3 rings (SSSR count). The number of halogens is 1. The predicted octanol–water partition coefficient (Wildman–Crippen LogP) is 3.73. The molecular formula is C23H29ClN2O5S. The lowest BCUT2D eigenvalue weighted by Gasteiger charge is -2.34. The van der Waals surface area contributed by atoms with E-state index in [0.29, 0.717) is 36.8 Å². The number of carbonyl (C=O) groups is 1. The molecule has 0 bridgehead atoms. The van der Waals surface area contributed by atoms with Crippen LogP contribution in [-0.4, -0.2) is 57.1 Å². The number of rotatable bonds is 9. The second kappa shape index (κ2) is 11.1. The molecule has 1 N–H and O–H groups in total. The molecule has 0 saturated carbocycles. The zero-order valence-corrected chi connectivity index (χ0v) is 19.9. The average molecular weight is 481 g/mol. The molecule has 32 heavy (non-hydrogen) atoms. The fourth-order valence-corrected chi connectivity index (χ4v) is 5.29. The van der Waals surface area contributed by atoms with E-state index in [9.17, 15) is 13.2 Å². The standard InChI is InChI=1S/C23H29ClN2O5S/c1-17-15-26(16-18(2)31-17)32(28,29)22-7-5-6-19(14-22)23(27)25-12-3-4-13-30-21-10-8-20(24)9-11-21/h5-11,14,17-18H,3-4,12-13,15-16H2,1-2H3,(H,25,27)/t17-,18-/m0/s1. The third kappa shape index (κ3) is 6.68. The van der Waals surface area contributed by atoms with Gasteiger partial charge in [0.2, 0.25) is 10.0 Å². The quantitative estimate of drug-likeness (QED) is 0.553. The van der Waals surface area contributed by atoms with Crippen LogP contribution in [0.4, 0.5) is 0 Å². The van der Waals surface area contributed by atoms with Gasteiger partial charge in [-0.05, 0) is 69.2 Å². The minimum absolute atomic E-state index is 0.114. The van der Waals surface area contributed by atoms with E-state index in [1.807, 2.05) is 26.0 Å². The Kier molecular flexibility index (Phi) is 8.53. The molecule has 0 spiro atoms. The number of sulfonamides is 1. The monoisotopic (exact) mass is 480 g/mol. The zero-order chi connectivity index (χ0) is 23.1. The van der Waals surface area contributed by atoms with Gasteiger partial charge in [-0.25, -0.2) is 8.42 Å². The van der Waals surface area contributed by atoms with Gasteiger partial charge in [0, 0.05) is 30.2 Å². The smallest absolute Gasteiger partial charge is 0.251 e. The first kappa shape index (κ1) is 24.5. The number of morpholine rings is 1. The van der Waals surface area contributed by atoms with Crippen LogP contribution in [0.1, 0.15) is 37.0 Å². The molecule has 0 radical (unpaired) electrons. The summed E-state index contributed by atoms with van der Waals surface area (Å²) in [6.45, 7) is 5.29. The number of hydrogen-bond acceptors (Lipinski definition) is 5. The van der Waals surface area contributed by atoms with Gasteiger partial charge in [-0.1, -0.05) is 17.7 Å². The van der Waals surface area contributed by atoms with Crippen molar-refractivity contribution in [2.75, 3.05) is 26.2 Å². The van der Waals surface area contributed by atoms with Crippen LogP contribution < -0.4 is 10.1 Å². The molecule has 1 saturated heterocycles. The number of unbranched alkanes of at least 4 members (excludes halogenated alkanes) is 1. The van der Waals surface area contributed by atoms with E-state index in [1.165, 1.54) is 16.4 Å². The molecular weight excluding hydrogens is 452 g/mol. The van der Waals surface area contributed by atoms with Crippen LogP contribution in [0, 0.1) is 0 Å². The van der Waals surface area contributed by atoms with Gasteiger partial charge in [0.05, 0.1) is 23.7 Å². The summed E-state index contributed by atoms with van der Waals surface area (Å²) in [6.07, 6.45) is 1.15. The van der Waals surface area contributed by atoms with E-state index in [0.717, 1.165) is 18.6 Å². The molecule has 174 valence electrons. The summed E-state index contributed by atoms with van der Waals surface area (Å²) in [5, 5.41) is 3.50. The number of nitrogens with zero attached hydrogens (tertiary/aromatic N) is 1. The van der Waals surface area contributed by atoms with Gasteiger partial charge in [0.1, 0.15) is 5.75 Å². The lowest BCUT2D eigenvalue weighted by molar-refractivity contribution is -0.0440. The third-order valence-electron chi connectivity index (χ3n) is 5.06. The summed E-state index contributed by atoms with van der Waals surface area (Å²) in [5.41, 5.74) is 0.317. The molecule has 2 atom stereocenters. The Morgan fingerprint density at radius 1 is 1.12 bits per heavy atom. The number of carbonyl (C=O) groups excluding carboxylic acids is 1. The third-order valence-corrected chi connectivity index (χ3v) is 7.14. The van der Waals surface area contributed by atoms with Crippen molar-refractivity contribution in [1.82, 2.24) is 9.62 Å². The Hall–Kier alpha value is -2.13. The Morgan fingerprint density at radius 3 is 2.50 bits per heavy atom. The summed E-state index contributed by atoms with van der Waals surface area (Å²) in [6, 6.07) is 13.3. The van der Waals surface area contributed by atoms with Gasteiger partial charge in [0.25, 0.3) is 5.91 Å². The van der Waals surface area contributed by atoms with E-state index in [1.54, 1.807) is 24.3 Å². The van der Waals surface area contributed by atoms with Crippen LogP contribution in [0.15, 0.2) is 53.4 Å². The maximum Gasteiger partial charge on any atom is 0.251 e. The lowest BCUT2D eigenvalue weighted by Crippen LogP contribution is -2.48. The van der Waals surface area contributed by atoms with Crippen molar-refractivity contribution in [3.05, 3.63) is 59.1 Å². The highest BCUT2D eigenvalue weighted by atomic mass is 35.5. The van der Waals surface area contributed by atoms with Crippen LogP contribution >= 0.6 is 11.6 Å². The first-order valence-corrected chi connectivity index (χ1v) is 12.5. The fraction of sp³-hybridized carbons (Fsp3) is 0.435. The predicted molar refractivity (Wildman–Crippen MR) is 124 cm³/mol. The van der Waals surface area contributed by atoms with Gasteiger partial charge >= 0.3 is 0 Å². The first-order chi connectivity index (χ1) is 15.3. The number of benzene rings is 2. The van der Waals surface area contributed by atoms with Crippen LogP contribution in [0.3, 0.4) is 0 Å². The van der Waals surface area contributed by atoms with E-state index >= 15 is 0 Å². The second-order valence-electron chi connectivity index (χ2n) is 7.87. The van der Waals surface area contributed by atoms with Crippen LogP contribution in [-0.2, 0) is 14.8 Å². The maximum atomic E-state index is 13.0. The van der Waals surface area contributed by atoms with Crippen LogP contribution in [0.5, 0.6) is 5.75 Å². The van der Waals surface area contributed by atoms with Crippen molar-refractivity contribution < 1.29 is 22.7 Å². The lowest BCUT2D eigenvalue weighted by atomic mass is 10.2. The molecule has 2 aromatic carbocycles. The molecule has 1 heterocycles. The van der Waals surface area contributed by atoms with Gasteiger partial charge in [-0.3, -0.25) is 4.79 Å². The topological polar surface area (TPSA) is 84.9 Å². The van der Waals surface area contributed by atoms with Crippen molar-refractivity contribution in [2.24, 2.45) is 0 Å². The minimum atomic E-state index is -3.70. The highest BCUT2D eigenvalue weighted by molar-refractivity contribution is 7.89. The molecule has 1 fully saturated rings. The van der Waals surface area contributed by atoms with Crippen molar-refractivity contribution >= 4 is 27.5 Å². The highest BCUT2D eigenvalue weighted by Gasteiger charge is 2.32. The molecule has 1 aliphatic rings. The molecule has 0 aromatic heterocycles. The Balaban J connectivity index is 1.48. The van der Waals surface area contributed by atoms with E-state index in [4.69, 9.17) is 21.1 Å². The van der Waals surface area contributed by atoms with Crippen molar-refractivity contribution in [2.45, 2.75) is 43.8 Å². The first-order valence-electron chi connectivity index (χ1n) is 10.7. The summed E-state index contributed by atoms with van der Waals surface area (Å²) < 4.78 is 38.8. The minimum Gasteiger partial charge on any atom is -0.494 e. The van der Waals surface area contributed by atoms with Gasteiger partial charge in [-0.2, -0.15) is 4.31 Å². The number of ether oxygens (including phenoxy) is 2. The Bertz CT molecular complexity index is 1000. The molecule has 0 unspecified atom stereocenters. The molecule has 1 aliphatic heterocycles. The molecule has 7 nitrogen and oxygen atoms in total. The number of nitrogens with one attached hydrogen (secondary N) is 1. The SMILES string of the molecule is C[C@H]1CN(S(=O)(=O)c2cccc(C(=O)NCCCCOc3ccc(Cl)cc3)c2)C[C@H](C)O1. The van der Waals surface area contributed by atoms with Crippen LogP contribution in [0.25, 0.3) is 0 Å². The number of hydrogen-bond donors (Lipinski definition) is 1.